The number of pyridine rings is 1. The zero-order valence-corrected chi connectivity index (χ0v) is 18.0. The second kappa shape index (κ2) is 11.7. The summed E-state index contributed by atoms with van der Waals surface area (Å²) in [6, 6.07) is 3.08. The molecular formula is C24H43N2+. The fraction of sp³-hybridized carbons (Fsp3) is 0.792. The van der Waals surface area contributed by atoms with Gasteiger partial charge < -0.3 is 0 Å². The molecule has 2 rings (SSSR count). The van der Waals surface area contributed by atoms with E-state index < -0.39 is 0 Å². The van der Waals surface area contributed by atoms with Gasteiger partial charge in [-0.05, 0) is 51.1 Å². The summed E-state index contributed by atoms with van der Waals surface area (Å²) in [5.41, 5.74) is 2.98. The van der Waals surface area contributed by atoms with Crippen molar-refractivity contribution in [1.82, 2.24) is 4.90 Å². The molecule has 26 heavy (non-hydrogen) atoms. The normalized spacial score (nSPS) is 21.2. The SMILES string of the molecule is CCCCCCN1CC(C)CCC1c1cc(C)c[n+](CCCCCC)c1. The minimum absolute atomic E-state index is 0.634. The standard InChI is InChI=1S/C24H43N2/c1-5-7-9-11-15-25-18-22(4)17-23(20-25)24-14-13-21(3)19-26(24)16-12-10-8-6-2/h17-18,20-21,24H,5-16,19H2,1-4H3/q+1. The Kier molecular flexibility index (Phi) is 9.67. The van der Waals surface area contributed by atoms with Gasteiger partial charge in [-0.1, -0.05) is 52.9 Å². The topological polar surface area (TPSA) is 7.12 Å². The van der Waals surface area contributed by atoms with Gasteiger partial charge >= 0.3 is 0 Å². The summed E-state index contributed by atoms with van der Waals surface area (Å²) in [7, 11) is 0. The van der Waals surface area contributed by atoms with Gasteiger partial charge in [0.1, 0.15) is 6.54 Å². The van der Waals surface area contributed by atoms with Gasteiger partial charge in [0.25, 0.3) is 0 Å². The Hall–Kier alpha value is -0.890. The van der Waals surface area contributed by atoms with Gasteiger partial charge in [-0.25, -0.2) is 4.57 Å². The quantitative estimate of drug-likeness (QED) is 0.336. The largest absolute Gasteiger partial charge is 0.296 e. The van der Waals surface area contributed by atoms with Crippen LogP contribution < -0.4 is 4.57 Å². The van der Waals surface area contributed by atoms with Gasteiger partial charge in [0.05, 0.1) is 0 Å². The van der Waals surface area contributed by atoms with E-state index in [4.69, 9.17) is 0 Å². The van der Waals surface area contributed by atoms with Crippen molar-refractivity contribution in [2.24, 2.45) is 5.92 Å². The molecule has 2 unspecified atom stereocenters. The van der Waals surface area contributed by atoms with E-state index in [-0.39, 0.29) is 0 Å². The van der Waals surface area contributed by atoms with Crippen molar-refractivity contribution >= 4 is 0 Å². The molecule has 1 aromatic heterocycles. The summed E-state index contributed by atoms with van der Waals surface area (Å²) in [6.07, 6.45) is 18.3. The highest BCUT2D eigenvalue weighted by molar-refractivity contribution is 5.18. The first-order valence-electron chi connectivity index (χ1n) is 11.4. The maximum absolute atomic E-state index is 2.79. The van der Waals surface area contributed by atoms with E-state index in [1.54, 1.807) is 5.56 Å². The number of hydrogen-bond donors (Lipinski definition) is 0. The van der Waals surface area contributed by atoms with Crippen molar-refractivity contribution < 1.29 is 4.57 Å². The molecule has 2 heteroatoms. The third kappa shape index (κ3) is 7.02. The average molecular weight is 360 g/mol. The molecule has 0 bridgehead atoms. The lowest BCUT2D eigenvalue weighted by Gasteiger charge is -2.38. The lowest BCUT2D eigenvalue weighted by atomic mass is 9.90. The predicted octanol–water partition coefficient (Wildman–Crippen LogP) is 6.22. The lowest BCUT2D eigenvalue weighted by molar-refractivity contribution is -0.698. The van der Waals surface area contributed by atoms with E-state index in [0.29, 0.717) is 6.04 Å². The first kappa shape index (κ1) is 21.4. The number of likely N-dealkylation sites (tertiary alicyclic amines) is 1. The molecule has 1 fully saturated rings. The first-order valence-corrected chi connectivity index (χ1v) is 11.4. The van der Waals surface area contributed by atoms with Gasteiger partial charge in [0, 0.05) is 30.1 Å². The van der Waals surface area contributed by atoms with Crippen LogP contribution in [-0.2, 0) is 6.54 Å². The van der Waals surface area contributed by atoms with Crippen molar-refractivity contribution in [2.45, 2.75) is 104 Å². The highest BCUT2D eigenvalue weighted by atomic mass is 15.2. The molecule has 1 aliphatic rings. The second-order valence-electron chi connectivity index (χ2n) is 8.70. The minimum atomic E-state index is 0.634. The van der Waals surface area contributed by atoms with Crippen LogP contribution in [0.4, 0.5) is 0 Å². The van der Waals surface area contributed by atoms with Gasteiger partial charge in [0.15, 0.2) is 12.4 Å². The number of nitrogens with zero attached hydrogens (tertiary/aromatic N) is 2. The maximum atomic E-state index is 2.79. The molecule has 0 radical (unpaired) electrons. The van der Waals surface area contributed by atoms with Gasteiger partial charge in [-0.15, -0.1) is 0 Å². The molecule has 0 saturated carbocycles. The van der Waals surface area contributed by atoms with E-state index >= 15 is 0 Å². The summed E-state index contributed by atoms with van der Waals surface area (Å²) in [4.78, 5) is 2.79. The smallest absolute Gasteiger partial charge is 0.173 e. The van der Waals surface area contributed by atoms with E-state index in [1.165, 1.54) is 89.4 Å². The molecule has 1 aromatic rings. The molecule has 2 heterocycles. The monoisotopic (exact) mass is 359 g/mol. The van der Waals surface area contributed by atoms with Crippen LogP contribution in [0.1, 0.15) is 102 Å². The Bertz CT molecular complexity index is 511. The van der Waals surface area contributed by atoms with Crippen LogP contribution in [-0.4, -0.2) is 18.0 Å². The Morgan fingerprint density at radius 1 is 0.962 bits per heavy atom. The summed E-state index contributed by atoms with van der Waals surface area (Å²) in [5.74, 6) is 0.850. The Morgan fingerprint density at radius 3 is 2.42 bits per heavy atom. The van der Waals surface area contributed by atoms with E-state index in [2.05, 4.69) is 55.6 Å². The molecule has 1 aliphatic heterocycles. The second-order valence-corrected chi connectivity index (χ2v) is 8.70. The maximum Gasteiger partial charge on any atom is 0.173 e. The van der Waals surface area contributed by atoms with E-state index in [9.17, 15) is 0 Å². The van der Waals surface area contributed by atoms with Crippen molar-refractivity contribution in [3.8, 4) is 0 Å². The molecule has 0 aliphatic carbocycles. The number of aryl methyl sites for hydroxylation is 2. The Morgan fingerprint density at radius 2 is 1.69 bits per heavy atom. The highest BCUT2D eigenvalue weighted by Crippen LogP contribution is 2.33. The van der Waals surface area contributed by atoms with Crippen LogP contribution >= 0.6 is 0 Å². The fourth-order valence-corrected chi connectivity index (χ4v) is 4.47. The lowest BCUT2D eigenvalue weighted by Crippen LogP contribution is -2.40. The number of rotatable bonds is 11. The van der Waals surface area contributed by atoms with Crippen molar-refractivity contribution in [3.05, 3.63) is 29.6 Å². The van der Waals surface area contributed by atoms with Crippen LogP contribution in [0.25, 0.3) is 0 Å². The molecule has 2 nitrogen and oxygen atoms in total. The molecule has 1 saturated heterocycles. The summed E-state index contributed by atoms with van der Waals surface area (Å²) < 4.78 is 2.47. The number of aromatic nitrogens is 1. The molecule has 0 spiro atoms. The molecule has 0 aromatic carbocycles. The first-order chi connectivity index (χ1) is 12.6. The van der Waals surface area contributed by atoms with E-state index in [0.717, 1.165) is 5.92 Å². The third-order valence-corrected chi connectivity index (χ3v) is 5.95. The van der Waals surface area contributed by atoms with Crippen LogP contribution in [0.3, 0.4) is 0 Å². The summed E-state index contributed by atoms with van der Waals surface area (Å²) in [5, 5.41) is 0. The van der Waals surface area contributed by atoms with Crippen LogP contribution in [0, 0.1) is 12.8 Å². The average Bonchev–Trinajstić information content (AvgIpc) is 2.62. The number of piperidine rings is 1. The highest BCUT2D eigenvalue weighted by Gasteiger charge is 2.28. The summed E-state index contributed by atoms with van der Waals surface area (Å²) >= 11 is 0. The van der Waals surface area contributed by atoms with Crippen LogP contribution in [0.2, 0.25) is 0 Å². The molecule has 148 valence electrons. The number of unbranched alkanes of at least 4 members (excludes halogenated alkanes) is 6. The van der Waals surface area contributed by atoms with Crippen molar-refractivity contribution in [2.75, 3.05) is 13.1 Å². The van der Waals surface area contributed by atoms with Crippen molar-refractivity contribution in [1.29, 1.82) is 0 Å². The Labute approximate surface area is 163 Å². The van der Waals surface area contributed by atoms with Gasteiger partial charge in [-0.3, -0.25) is 4.90 Å². The third-order valence-electron chi connectivity index (χ3n) is 5.95. The minimum Gasteiger partial charge on any atom is -0.296 e. The number of hydrogen-bond acceptors (Lipinski definition) is 1. The molecule has 0 amide bonds. The Balaban J connectivity index is 2.03. The zero-order valence-electron chi connectivity index (χ0n) is 18.0. The summed E-state index contributed by atoms with van der Waals surface area (Å²) in [6.45, 7) is 13.0. The zero-order chi connectivity index (χ0) is 18.8. The fourth-order valence-electron chi connectivity index (χ4n) is 4.47. The van der Waals surface area contributed by atoms with Gasteiger partial charge in [0.2, 0.25) is 0 Å². The molecular weight excluding hydrogens is 316 g/mol. The van der Waals surface area contributed by atoms with Crippen LogP contribution in [0.15, 0.2) is 18.5 Å². The molecule has 0 N–H and O–H groups in total. The molecule has 2 atom stereocenters. The van der Waals surface area contributed by atoms with E-state index in [1.807, 2.05) is 0 Å². The van der Waals surface area contributed by atoms with Crippen LogP contribution in [0.5, 0.6) is 0 Å². The van der Waals surface area contributed by atoms with Crippen molar-refractivity contribution in [3.63, 3.8) is 0 Å². The van der Waals surface area contributed by atoms with Gasteiger partial charge in [-0.2, -0.15) is 0 Å². The predicted molar refractivity (Wildman–Crippen MR) is 112 cm³/mol.